The second-order valence-electron chi connectivity index (χ2n) is 17.9. The normalized spacial score (nSPS) is 16.0. The summed E-state index contributed by atoms with van der Waals surface area (Å²) < 4.78 is 1.22. The Bertz CT molecular complexity index is 1890. The summed E-state index contributed by atoms with van der Waals surface area (Å²) in [6.07, 6.45) is 5.36. The van der Waals surface area contributed by atoms with Crippen LogP contribution in [0.25, 0.3) is 34.4 Å². The van der Waals surface area contributed by atoms with E-state index in [-0.39, 0.29) is 24.8 Å². The van der Waals surface area contributed by atoms with Crippen LogP contribution in [0.15, 0.2) is 83.9 Å². The smallest absolute Gasteiger partial charge is 1.00 e. The van der Waals surface area contributed by atoms with Crippen molar-refractivity contribution in [3.63, 3.8) is 0 Å². The van der Waals surface area contributed by atoms with E-state index in [1.54, 1.807) is 22.3 Å². The fraction of sp³-hybridized carbons (Fsp3) is 0.440. The zero-order valence-electron chi connectivity index (χ0n) is 35.5. The second-order valence-corrected chi connectivity index (χ2v) is 35.8. The molecule has 0 saturated heterocycles. The van der Waals surface area contributed by atoms with Crippen molar-refractivity contribution in [2.75, 3.05) is 0 Å². The van der Waals surface area contributed by atoms with E-state index in [4.69, 9.17) is 0 Å². The largest absolute Gasteiger partial charge is 1.00 e. The molecular weight excluding hydrogens is 791 g/mol. The predicted octanol–water partition coefficient (Wildman–Crippen LogP) is 9.28. The molecule has 2 aliphatic rings. The van der Waals surface area contributed by atoms with E-state index in [2.05, 4.69) is 181 Å². The fourth-order valence-electron chi connectivity index (χ4n) is 8.79. The molecule has 4 aromatic rings. The molecule has 286 valence electrons. The standard InChI is InChI=1S/2C24H29.C2H6Si.2ClH.Zr/c2*1-15(2)19-11-20(16(3)4)13-22(12-19)23-9-7-8-18-10-21(17(5)6)14-24(18)23;1-3-2;;;/h2*7-17H,1-6H3;1-2H3;2*1H;/q;;;;;+2/p-2. The van der Waals surface area contributed by atoms with Crippen LogP contribution in [0, 0.1) is 11.8 Å². The third-order valence-electron chi connectivity index (χ3n) is 12.0. The van der Waals surface area contributed by atoms with Crippen LogP contribution in [0.2, 0.25) is 13.1 Å². The summed E-state index contributed by atoms with van der Waals surface area (Å²) in [5, 5.41) is 0. The van der Waals surface area contributed by atoms with Crippen molar-refractivity contribution < 1.29 is 45.2 Å². The first kappa shape index (κ1) is 44.8. The summed E-state index contributed by atoms with van der Waals surface area (Å²) in [6.45, 7) is 33.9. The van der Waals surface area contributed by atoms with Crippen molar-refractivity contribution >= 4 is 17.6 Å². The molecule has 54 heavy (non-hydrogen) atoms. The van der Waals surface area contributed by atoms with Crippen molar-refractivity contribution in [1.29, 1.82) is 0 Å². The molecule has 0 saturated carbocycles. The summed E-state index contributed by atoms with van der Waals surface area (Å²) in [5.41, 5.74) is 20.7. The summed E-state index contributed by atoms with van der Waals surface area (Å²) in [4.78, 5) is 0. The SMILES string of the molecule is CC(C)C1=Cc2c(-c3cc(C(C)C)cc(C(C)C)c3)cccc2[CH]1[Zr+2]([CH]1C(C(C)C)=Cc2c(-c3cc(C(C)C)cc(C(C)C)c3)cccc21)=[Si](C)C.[Cl-].[Cl-]. The van der Waals surface area contributed by atoms with E-state index in [1.807, 2.05) is 0 Å². The maximum atomic E-state index is 2.68. The number of halogens is 2. The number of hydrogen-bond donors (Lipinski definition) is 0. The van der Waals surface area contributed by atoms with Crippen LogP contribution >= 0.6 is 0 Å². The van der Waals surface area contributed by atoms with Crippen LogP contribution in [0.3, 0.4) is 0 Å². The molecule has 0 amide bonds. The predicted molar refractivity (Wildman–Crippen MR) is 229 cm³/mol. The van der Waals surface area contributed by atoms with E-state index >= 15 is 0 Å². The molecule has 2 unspecified atom stereocenters. The van der Waals surface area contributed by atoms with Gasteiger partial charge in [0, 0.05) is 0 Å². The maximum Gasteiger partial charge on any atom is -1.00 e. The molecule has 0 spiro atoms. The zero-order valence-corrected chi connectivity index (χ0v) is 40.4. The Morgan fingerprint density at radius 1 is 0.444 bits per heavy atom. The fourth-order valence-corrected chi connectivity index (χ4v) is 29.8. The van der Waals surface area contributed by atoms with Gasteiger partial charge in [0.1, 0.15) is 0 Å². The van der Waals surface area contributed by atoms with Gasteiger partial charge >= 0.3 is 328 Å². The maximum absolute atomic E-state index is 2.68. The summed E-state index contributed by atoms with van der Waals surface area (Å²) in [6, 6.07) is 29.5. The zero-order chi connectivity index (χ0) is 37.8. The first-order chi connectivity index (χ1) is 24.6. The van der Waals surface area contributed by atoms with Crippen LogP contribution in [-0.2, 0) is 20.4 Å². The number of allylic oxidation sites excluding steroid dienone is 2. The van der Waals surface area contributed by atoms with E-state index in [0.29, 0.717) is 42.8 Å². The Morgan fingerprint density at radius 3 is 1.02 bits per heavy atom. The monoisotopic (exact) mass is 852 g/mol. The number of benzene rings is 4. The van der Waals surface area contributed by atoms with Gasteiger partial charge in [-0.3, -0.25) is 0 Å². The quantitative estimate of drug-likeness (QED) is 0.140. The number of fused-ring (bicyclic) bond motifs is 2. The number of rotatable bonds is 10. The average molecular weight is 855 g/mol. The van der Waals surface area contributed by atoms with Gasteiger partial charge in [0.05, 0.1) is 0 Å². The first-order valence-electron chi connectivity index (χ1n) is 20.2. The Kier molecular flexibility index (Phi) is 15.0. The minimum atomic E-state index is -2.32. The Balaban J connectivity index is 0.00000325. The first-order valence-corrected chi connectivity index (χ1v) is 29.3. The summed E-state index contributed by atoms with van der Waals surface area (Å²) in [7, 11) is 0. The Hall–Kier alpha value is -1.96. The van der Waals surface area contributed by atoms with Crippen molar-refractivity contribution in [3.8, 4) is 22.3 Å². The van der Waals surface area contributed by atoms with Gasteiger partial charge in [-0.15, -0.1) is 0 Å². The van der Waals surface area contributed by atoms with Crippen LogP contribution in [0.5, 0.6) is 0 Å². The molecule has 2 aliphatic carbocycles. The molecule has 6 rings (SSSR count). The van der Waals surface area contributed by atoms with Crippen molar-refractivity contribution in [2.45, 2.75) is 127 Å². The van der Waals surface area contributed by atoms with Gasteiger partial charge in [-0.2, -0.15) is 0 Å². The molecule has 4 heteroatoms. The van der Waals surface area contributed by atoms with E-state index < -0.39 is 25.8 Å². The minimum absolute atomic E-state index is 0. The topological polar surface area (TPSA) is 0 Å². The average Bonchev–Trinajstić information content (AvgIpc) is 3.68. The second kappa shape index (κ2) is 18.1. The van der Waals surface area contributed by atoms with Gasteiger partial charge < -0.3 is 24.8 Å². The molecule has 0 aromatic heterocycles. The van der Waals surface area contributed by atoms with Gasteiger partial charge in [-0.05, 0) is 0 Å². The summed E-state index contributed by atoms with van der Waals surface area (Å²) in [5.74, 6) is 3.09. The number of hydrogen-bond acceptors (Lipinski definition) is 0. The molecule has 0 bridgehead atoms. The van der Waals surface area contributed by atoms with Gasteiger partial charge in [-0.25, -0.2) is 0 Å². The summed E-state index contributed by atoms with van der Waals surface area (Å²) >= 11 is -2.32. The van der Waals surface area contributed by atoms with Gasteiger partial charge in [0.2, 0.25) is 0 Å². The molecule has 0 radical (unpaired) electrons. The van der Waals surface area contributed by atoms with E-state index in [1.165, 1.54) is 55.6 Å². The van der Waals surface area contributed by atoms with Crippen molar-refractivity contribution in [2.24, 2.45) is 11.8 Å². The molecular formula is C50H64Cl2SiZr. The molecule has 0 heterocycles. The molecule has 0 N–H and O–H groups in total. The van der Waals surface area contributed by atoms with Crippen molar-refractivity contribution in [1.82, 2.24) is 0 Å². The van der Waals surface area contributed by atoms with Gasteiger partial charge in [0.15, 0.2) is 0 Å². The van der Waals surface area contributed by atoms with Gasteiger partial charge in [0.25, 0.3) is 0 Å². The molecule has 0 aliphatic heterocycles. The molecule has 0 nitrogen and oxygen atoms in total. The Morgan fingerprint density at radius 2 is 0.759 bits per heavy atom. The Labute approximate surface area is 349 Å². The van der Waals surface area contributed by atoms with E-state index in [9.17, 15) is 0 Å². The van der Waals surface area contributed by atoms with Crippen LogP contribution < -0.4 is 24.8 Å². The molecule has 4 aromatic carbocycles. The third-order valence-corrected chi connectivity index (χ3v) is 31.3. The van der Waals surface area contributed by atoms with Crippen LogP contribution in [0.4, 0.5) is 0 Å². The molecule has 0 fully saturated rings. The molecule has 2 atom stereocenters. The van der Waals surface area contributed by atoms with Crippen LogP contribution in [0.1, 0.15) is 159 Å². The van der Waals surface area contributed by atoms with Crippen molar-refractivity contribution in [3.05, 3.63) is 128 Å². The van der Waals surface area contributed by atoms with Crippen LogP contribution in [-0.4, -0.2) is 5.43 Å². The third kappa shape index (κ3) is 8.64. The van der Waals surface area contributed by atoms with Gasteiger partial charge in [-0.1, -0.05) is 0 Å². The van der Waals surface area contributed by atoms with E-state index in [0.717, 1.165) is 0 Å². The minimum Gasteiger partial charge on any atom is -1.00 e.